The first-order valence-corrected chi connectivity index (χ1v) is 15.9. The molecule has 2 unspecified atom stereocenters. The Morgan fingerprint density at radius 1 is 1.08 bits per heavy atom. The van der Waals surface area contributed by atoms with E-state index in [0.717, 1.165) is 44.4 Å². The molecule has 0 amide bonds. The van der Waals surface area contributed by atoms with Crippen molar-refractivity contribution >= 4 is 33.5 Å². The number of nitrogens with zero attached hydrogens (tertiary/aromatic N) is 4. The first kappa shape index (κ1) is 33.6. The summed E-state index contributed by atoms with van der Waals surface area (Å²) in [6.45, 7) is 3.65. The maximum atomic E-state index is 15.9. The summed E-state index contributed by atoms with van der Waals surface area (Å²) in [7, 11) is 2.73. The predicted octanol–water partition coefficient (Wildman–Crippen LogP) is 5.76. The van der Waals surface area contributed by atoms with Gasteiger partial charge in [-0.3, -0.25) is 9.78 Å². The van der Waals surface area contributed by atoms with E-state index in [9.17, 15) is 23.1 Å². The second kappa shape index (κ2) is 13.7. The van der Waals surface area contributed by atoms with E-state index in [4.69, 9.17) is 9.47 Å². The van der Waals surface area contributed by atoms with Gasteiger partial charge in [-0.2, -0.15) is 9.97 Å². The smallest absolute Gasteiger partial charge is 0.318 e. The third-order valence-electron chi connectivity index (χ3n) is 9.26. The second-order valence-electron chi connectivity index (χ2n) is 12.5. The Morgan fingerprint density at radius 3 is 2.40 bits per heavy atom. The number of phenols is 1. The fourth-order valence-corrected chi connectivity index (χ4v) is 6.90. The van der Waals surface area contributed by atoms with Crippen molar-refractivity contribution in [1.29, 1.82) is 0 Å². The van der Waals surface area contributed by atoms with Gasteiger partial charge in [-0.1, -0.05) is 6.07 Å². The van der Waals surface area contributed by atoms with Gasteiger partial charge in [0.15, 0.2) is 17.5 Å². The molecule has 2 aromatic carbocycles. The van der Waals surface area contributed by atoms with Crippen molar-refractivity contribution in [2.45, 2.75) is 69.4 Å². The molecule has 14 heteroatoms. The lowest BCUT2D eigenvalue weighted by atomic mass is 9.74. The molecule has 256 valence electrons. The summed E-state index contributed by atoms with van der Waals surface area (Å²) < 4.78 is 72.3. The van der Waals surface area contributed by atoms with Crippen molar-refractivity contribution in [3.05, 3.63) is 47.9 Å². The van der Waals surface area contributed by atoms with Gasteiger partial charge in [0.2, 0.25) is 0 Å². The van der Waals surface area contributed by atoms with E-state index in [1.54, 1.807) is 0 Å². The number of phenolic OH excluding ortho intramolecular Hbond substituents is 1. The molecule has 3 saturated heterocycles. The van der Waals surface area contributed by atoms with E-state index in [-0.39, 0.29) is 63.0 Å². The summed E-state index contributed by atoms with van der Waals surface area (Å²) >= 11 is 0. The molecule has 1 saturated carbocycles. The van der Waals surface area contributed by atoms with Crippen molar-refractivity contribution < 1.29 is 41.7 Å². The zero-order chi connectivity index (χ0) is 34.2. The van der Waals surface area contributed by atoms with Gasteiger partial charge in [-0.05, 0) is 68.7 Å². The van der Waals surface area contributed by atoms with Crippen molar-refractivity contribution in [2.24, 2.45) is 0 Å². The number of aromatic hydroxyl groups is 1. The van der Waals surface area contributed by atoms with E-state index in [1.165, 1.54) is 52.3 Å². The van der Waals surface area contributed by atoms with E-state index < -0.39 is 23.6 Å². The molecule has 4 fully saturated rings. The molecule has 5 heterocycles. The number of halogens is 4. The highest BCUT2D eigenvalue weighted by Crippen LogP contribution is 2.41. The number of hydrogen-bond acceptors (Lipinski definition) is 10. The number of hydrogen-bond donors (Lipinski definition) is 2. The molecular weight excluding hydrogens is 634 g/mol. The summed E-state index contributed by atoms with van der Waals surface area (Å²) in [5, 5.41) is 13.9. The van der Waals surface area contributed by atoms with Crippen LogP contribution in [0.15, 0.2) is 30.5 Å². The van der Waals surface area contributed by atoms with Crippen molar-refractivity contribution in [3.8, 4) is 23.0 Å². The third kappa shape index (κ3) is 6.68. The molecule has 4 aliphatic rings. The van der Waals surface area contributed by atoms with Crippen LogP contribution in [-0.4, -0.2) is 83.8 Å². The Kier molecular flexibility index (Phi) is 9.57. The number of anilines is 1. The molecule has 10 nitrogen and oxygen atoms in total. The first-order chi connectivity index (χ1) is 23.0. The minimum Gasteiger partial charge on any atom is -0.508 e. The van der Waals surface area contributed by atoms with Gasteiger partial charge in [0, 0.05) is 42.7 Å². The quantitative estimate of drug-likeness (QED) is 0.206. The number of carbonyl (C=O) groups excluding carboxylic acids is 1. The average Bonchev–Trinajstić information content (AvgIpc) is 3.68. The average molecular weight is 672 g/mol. The molecule has 0 radical (unpaired) electrons. The number of alkyl halides is 1. The number of pyridine rings is 1. The van der Waals surface area contributed by atoms with Crippen LogP contribution in [0.4, 0.5) is 23.4 Å². The van der Waals surface area contributed by atoms with E-state index in [0.29, 0.717) is 24.3 Å². The first-order valence-electron chi connectivity index (χ1n) is 15.9. The number of esters is 1. The summed E-state index contributed by atoms with van der Waals surface area (Å²) in [6, 6.07) is 4.66. The monoisotopic (exact) mass is 671 g/mol. The Bertz CT molecular complexity index is 1820. The Morgan fingerprint density at radius 2 is 1.79 bits per heavy atom. The molecule has 1 spiro atoms. The van der Waals surface area contributed by atoms with Gasteiger partial charge in [0.1, 0.15) is 28.9 Å². The number of benzene rings is 2. The number of morpholine rings is 1. The van der Waals surface area contributed by atoms with E-state index in [2.05, 4.69) is 25.0 Å². The maximum Gasteiger partial charge on any atom is 0.318 e. The Hall–Kier alpha value is -4.30. The highest BCUT2D eigenvalue weighted by molar-refractivity contribution is 6.00. The Balaban J connectivity index is 0.000000237. The highest BCUT2D eigenvalue weighted by Gasteiger charge is 2.45. The lowest BCUT2D eigenvalue weighted by Gasteiger charge is -2.41. The van der Waals surface area contributed by atoms with Gasteiger partial charge in [-0.15, -0.1) is 0 Å². The van der Waals surface area contributed by atoms with Gasteiger partial charge in [0.05, 0.1) is 31.8 Å². The zero-order valence-electron chi connectivity index (χ0n) is 26.9. The molecule has 8 rings (SSSR count). The summed E-state index contributed by atoms with van der Waals surface area (Å²) in [5.41, 5.74) is -0.167. The Labute approximate surface area is 274 Å². The fraction of sp³-hybridized carbons (Fsp3) is 0.471. The van der Waals surface area contributed by atoms with Crippen LogP contribution in [0.1, 0.15) is 45.4 Å². The number of rotatable bonds is 3. The topological polar surface area (TPSA) is 119 Å². The van der Waals surface area contributed by atoms with Gasteiger partial charge >= 0.3 is 12.0 Å². The number of aromatic nitrogens is 3. The molecule has 4 aromatic rings. The summed E-state index contributed by atoms with van der Waals surface area (Å²) in [4.78, 5) is 24.5. The van der Waals surface area contributed by atoms with Crippen molar-refractivity contribution in [1.82, 2.24) is 20.3 Å². The highest BCUT2D eigenvalue weighted by atomic mass is 19.2. The van der Waals surface area contributed by atoms with Gasteiger partial charge < -0.3 is 29.5 Å². The van der Waals surface area contributed by atoms with Crippen LogP contribution in [-0.2, 0) is 14.3 Å². The van der Waals surface area contributed by atoms with E-state index in [1.807, 2.05) is 4.90 Å². The van der Waals surface area contributed by atoms with Crippen molar-refractivity contribution in [3.63, 3.8) is 0 Å². The molecular formula is C34H37F4N5O5. The minimum absolute atomic E-state index is 0.0321. The van der Waals surface area contributed by atoms with Crippen LogP contribution in [0, 0.1) is 17.5 Å². The zero-order valence-corrected chi connectivity index (χ0v) is 26.9. The van der Waals surface area contributed by atoms with Crippen LogP contribution in [0.2, 0.25) is 0 Å². The number of carbonyl (C=O) groups is 1. The lowest BCUT2D eigenvalue weighted by molar-refractivity contribution is -0.137. The standard InChI is InChI=1S/C24H19F3N4O3.C7H12FN.C3H6O2/c1-33-24-29-22-16(23(30-24)31-9-13-3-4-14(10-31)34-13)8-28-21(20(22)27)15-7-12(32)6-11-2-5-17(25)19(26)18(11)15;8-6-4-7(5-6)2-1-3-9-7;1-3(4)5-2/h2,5-8,13-14,32H,3-4,9-10H2,1H3;6,9H,1-5H2;1-2H3. The van der Waals surface area contributed by atoms with Crippen LogP contribution in [0.25, 0.3) is 32.9 Å². The summed E-state index contributed by atoms with van der Waals surface area (Å²) in [5.74, 6) is -3.11. The molecule has 2 N–H and O–H groups in total. The minimum atomic E-state index is -1.15. The SMILES string of the molecule is COC(C)=O.COc1nc(N2CC3CCC(C2)O3)c2cnc(-c3cc(O)cc4ccc(F)c(F)c34)c(F)c2n1.FC1CC2(CCCN2)C1. The third-order valence-corrected chi connectivity index (χ3v) is 9.26. The molecule has 1 aliphatic carbocycles. The summed E-state index contributed by atoms with van der Waals surface area (Å²) in [6.07, 6.45) is 6.94. The number of methoxy groups -OCH3 is 2. The number of ether oxygens (including phenoxy) is 3. The molecule has 2 aromatic heterocycles. The molecule has 2 bridgehead atoms. The number of nitrogens with one attached hydrogen (secondary N) is 1. The van der Waals surface area contributed by atoms with Gasteiger partial charge in [0.25, 0.3) is 0 Å². The van der Waals surface area contributed by atoms with Crippen molar-refractivity contribution in [2.75, 3.05) is 38.8 Å². The van der Waals surface area contributed by atoms with Crippen LogP contribution < -0.4 is 15.0 Å². The largest absolute Gasteiger partial charge is 0.508 e. The molecule has 3 aliphatic heterocycles. The lowest BCUT2D eigenvalue weighted by Crippen LogP contribution is -2.52. The predicted molar refractivity (Wildman–Crippen MR) is 170 cm³/mol. The van der Waals surface area contributed by atoms with Crippen LogP contribution >= 0.6 is 0 Å². The van der Waals surface area contributed by atoms with E-state index >= 15 is 4.39 Å². The second-order valence-corrected chi connectivity index (χ2v) is 12.5. The van der Waals surface area contributed by atoms with Gasteiger partial charge in [-0.25, -0.2) is 17.6 Å². The molecule has 48 heavy (non-hydrogen) atoms. The number of fused-ring (bicyclic) bond motifs is 4. The fourth-order valence-electron chi connectivity index (χ4n) is 6.90. The maximum absolute atomic E-state index is 15.9. The van der Waals surface area contributed by atoms with Crippen LogP contribution in [0.5, 0.6) is 11.8 Å². The normalized spacial score (nSPS) is 24.1. The van der Waals surface area contributed by atoms with Crippen LogP contribution in [0.3, 0.4) is 0 Å². The molecule has 2 atom stereocenters.